The number of sulfonamides is 1. The lowest BCUT2D eigenvalue weighted by Crippen LogP contribution is -2.37. The van der Waals surface area contributed by atoms with E-state index < -0.39 is 10.0 Å². The topological polar surface area (TPSA) is 116 Å². The van der Waals surface area contributed by atoms with Crippen molar-refractivity contribution in [3.8, 4) is 0 Å². The zero-order valence-electron chi connectivity index (χ0n) is 16.8. The number of anilines is 3. The molecule has 3 heterocycles. The number of benzene rings is 1. The van der Waals surface area contributed by atoms with E-state index in [0.717, 1.165) is 22.7 Å². The van der Waals surface area contributed by atoms with E-state index in [1.54, 1.807) is 30.7 Å². The van der Waals surface area contributed by atoms with Gasteiger partial charge < -0.3 is 15.5 Å². The molecule has 2 fully saturated rings. The summed E-state index contributed by atoms with van der Waals surface area (Å²) in [5.41, 5.74) is 1.22. The van der Waals surface area contributed by atoms with E-state index in [1.165, 1.54) is 0 Å². The number of carbonyl (C=O) groups is 1. The van der Waals surface area contributed by atoms with Gasteiger partial charge in [-0.15, -0.1) is 0 Å². The third kappa shape index (κ3) is 3.98. The normalized spacial score (nSPS) is 22.1. The average molecular weight is 439 g/mol. The van der Waals surface area contributed by atoms with Gasteiger partial charge in [0.1, 0.15) is 0 Å². The molecule has 0 radical (unpaired) electrons. The lowest BCUT2D eigenvalue weighted by atomic mass is 10.1. The smallest absolute Gasteiger partial charge is 0.319 e. The van der Waals surface area contributed by atoms with Gasteiger partial charge in [0, 0.05) is 60.3 Å². The van der Waals surface area contributed by atoms with Crippen LogP contribution in [0.3, 0.4) is 0 Å². The molecule has 2 atom stereocenters. The lowest BCUT2D eigenvalue weighted by molar-refractivity contribution is 0.250. The van der Waals surface area contributed by atoms with Gasteiger partial charge >= 0.3 is 6.03 Å². The lowest BCUT2D eigenvalue weighted by Gasteiger charge is -2.23. The first-order chi connectivity index (χ1) is 14.9. The summed E-state index contributed by atoms with van der Waals surface area (Å²) in [6.45, 7) is 1.43. The SMILES string of the molecule is CS(=O)(=O)Nc1cccnc1N1CC2C(C1)C2NC(=O)Nc1cccc2cnccc12. The predicted molar refractivity (Wildman–Crippen MR) is 120 cm³/mol. The van der Waals surface area contributed by atoms with Crippen LogP contribution in [0.25, 0.3) is 10.8 Å². The van der Waals surface area contributed by atoms with Gasteiger partial charge in [-0.25, -0.2) is 18.2 Å². The molecule has 1 saturated heterocycles. The molecule has 1 aromatic carbocycles. The first-order valence-corrected chi connectivity index (χ1v) is 11.9. The van der Waals surface area contributed by atoms with E-state index in [0.29, 0.717) is 36.4 Å². The summed E-state index contributed by atoms with van der Waals surface area (Å²) in [6, 6.07) is 10.9. The summed E-state index contributed by atoms with van der Waals surface area (Å²) in [5, 5.41) is 7.92. The number of nitrogens with one attached hydrogen (secondary N) is 3. The van der Waals surface area contributed by atoms with Crippen LogP contribution in [-0.2, 0) is 10.0 Å². The molecule has 0 bridgehead atoms. The number of pyridine rings is 2. The van der Waals surface area contributed by atoms with Crippen LogP contribution in [0.5, 0.6) is 0 Å². The summed E-state index contributed by atoms with van der Waals surface area (Å²) in [7, 11) is -3.39. The monoisotopic (exact) mass is 438 g/mol. The molecular formula is C21H22N6O3S. The number of nitrogens with zero attached hydrogens (tertiary/aromatic N) is 3. The minimum atomic E-state index is -3.39. The van der Waals surface area contributed by atoms with Crippen LogP contribution < -0.4 is 20.3 Å². The van der Waals surface area contributed by atoms with Crippen LogP contribution in [-0.4, -0.2) is 49.8 Å². The zero-order valence-corrected chi connectivity index (χ0v) is 17.6. The highest BCUT2D eigenvalue weighted by Gasteiger charge is 2.57. The second kappa shape index (κ2) is 7.38. The van der Waals surface area contributed by atoms with Gasteiger partial charge in [0.25, 0.3) is 0 Å². The molecular weight excluding hydrogens is 416 g/mol. The van der Waals surface area contributed by atoms with E-state index in [-0.39, 0.29) is 12.1 Å². The largest absolute Gasteiger partial charge is 0.354 e. The van der Waals surface area contributed by atoms with Crippen LogP contribution in [0.2, 0.25) is 0 Å². The first kappa shape index (κ1) is 19.6. The quantitative estimate of drug-likeness (QED) is 0.563. The van der Waals surface area contributed by atoms with E-state index in [1.807, 2.05) is 24.3 Å². The van der Waals surface area contributed by atoms with Gasteiger partial charge in [0.05, 0.1) is 17.6 Å². The minimum absolute atomic E-state index is 0.0999. The molecule has 1 aliphatic carbocycles. The fourth-order valence-electron chi connectivity index (χ4n) is 4.38. The zero-order chi connectivity index (χ0) is 21.6. The van der Waals surface area contributed by atoms with Crippen molar-refractivity contribution in [2.45, 2.75) is 6.04 Å². The maximum Gasteiger partial charge on any atom is 0.319 e. The number of amides is 2. The Bertz CT molecular complexity index is 1250. The summed E-state index contributed by atoms with van der Waals surface area (Å²) >= 11 is 0. The Kier molecular flexibility index (Phi) is 4.66. The Morgan fingerprint density at radius 1 is 1.06 bits per heavy atom. The predicted octanol–water partition coefficient (Wildman–Crippen LogP) is 2.26. The fraction of sp³-hybridized carbons (Fsp3) is 0.286. The third-order valence-corrected chi connectivity index (χ3v) is 6.39. The number of rotatable bonds is 5. The van der Waals surface area contributed by atoms with Crippen molar-refractivity contribution < 1.29 is 13.2 Å². The molecule has 9 nitrogen and oxygen atoms in total. The molecule has 0 spiro atoms. The summed E-state index contributed by atoms with van der Waals surface area (Å²) in [4.78, 5) is 23.1. The molecule has 160 valence electrons. The molecule has 1 aliphatic heterocycles. The van der Waals surface area contributed by atoms with Crippen LogP contribution >= 0.6 is 0 Å². The van der Waals surface area contributed by atoms with Crippen molar-refractivity contribution in [3.63, 3.8) is 0 Å². The molecule has 2 aliphatic rings. The number of carbonyl (C=O) groups excluding carboxylic acids is 1. The van der Waals surface area contributed by atoms with Crippen molar-refractivity contribution in [2.75, 3.05) is 34.3 Å². The van der Waals surface area contributed by atoms with Crippen molar-refractivity contribution in [2.24, 2.45) is 11.8 Å². The Labute approximate surface area is 179 Å². The first-order valence-electron chi connectivity index (χ1n) is 9.97. The molecule has 31 heavy (non-hydrogen) atoms. The van der Waals surface area contributed by atoms with Gasteiger partial charge in [0.2, 0.25) is 10.0 Å². The third-order valence-electron chi connectivity index (χ3n) is 5.80. The van der Waals surface area contributed by atoms with E-state index in [2.05, 4.69) is 30.2 Å². The van der Waals surface area contributed by atoms with Crippen molar-refractivity contribution in [1.29, 1.82) is 0 Å². The number of urea groups is 1. The Hall–Kier alpha value is -3.40. The fourth-order valence-corrected chi connectivity index (χ4v) is 4.94. The highest BCUT2D eigenvalue weighted by Crippen LogP contribution is 2.47. The summed E-state index contributed by atoms with van der Waals surface area (Å²) < 4.78 is 25.8. The van der Waals surface area contributed by atoms with Crippen LogP contribution in [0.15, 0.2) is 55.0 Å². The Morgan fingerprint density at radius 3 is 2.61 bits per heavy atom. The summed E-state index contributed by atoms with van der Waals surface area (Å²) in [6.07, 6.45) is 6.24. The molecule has 5 rings (SSSR count). The van der Waals surface area contributed by atoms with E-state index in [4.69, 9.17) is 0 Å². The van der Waals surface area contributed by atoms with Gasteiger partial charge in [-0.1, -0.05) is 12.1 Å². The molecule has 3 N–H and O–H groups in total. The van der Waals surface area contributed by atoms with Gasteiger partial charge in [-0.05, 0) is 24.3 Å². The second-order valence-electron chi connectivity index (χ2n) is 8.01. The van der Waals surface area contributed by atoms with Crippen molar-refractivity contribution in [1.82, 2.24) is 15.3 Å². The molecule has 1 saturated carbocycles. The highest BCUT2D eigenvalue weighted by molar-refractivity contribution is 7.92. The Balaban J connectivity index is 1.21. The van der Waals surface area contributed by atoms with Gasteiger partial charge in [0.15, 0.2) is 5.82 Å². The van der Waals surface area contributed by atoms with Crippen LogP contribution in [0.4, 0.5) is 22.0 Å². The minimum Gasteiger partial charge on any atom is -0.354 e. The van der Waals surface area contributed by atoms with Crippen molar-refractivity contribution in [3.05, 3.63) is 55.0 Å². The number of fused-ring (bicyclic) bond motifs is 2. The van der Waals surface area contributed by atoms with Crippen LogP contribution in [0.1, 0.15) is 0 Å². The Morgan fingerprint density at radius 2 is 1.84 bits per heavy atom. The second-order valence-corrected chi connectivity index (χ2v) is 9.76. The standard InChI is InChI=1S/C21H22N6O3S/c1-31(29,30)26-18-6-3-8-23-20(18)27-11-15-16(12-27)19(15)25-21(28)24-17-5-2-4-13-10-22-9-7-14(13)17/h2-10,15-16,19,26H,11-12H2,1H3,(H2,24,25,28). The van der Waals surface area contributed by atoms with Gasteiger partial charge in [-0.3, -0.25) is 9.71 Å². The highest BCUT2D eigenvalue weighted by atomic mass is 32.2. The summed E-state index contributed by atoms with van der Waals surface area (Å²) in [5.74, 6) is 1.25. The average Bonchev–Trinajstić information content (AvgIpc) is 3.16. The number of hydrogen-bond donors (Lipinski definition) is 3. The maximum atomic E-state index is 12.6. The molecule has 3 aromatic rings. The molecule has 2 aromatic heterocycles. The van der Waals surface area contributed by atoms with Crippen LogP contribution in [0, 0.1) is 11.8 Å². The number of hydrogen-bond acceptors (Lipinski definition) is 6. The molecule has 2 amide bonds. The molecule has 2 unspecified atom stereocenters. The molecule has 10 heteroatoms. The number of aromatic nitrogens is 2. The number of piperidine rings is 1. The maximum absolute atomic E-state index is 12.6. The van der Waals surface area contributed by atoms with E-state index >= 15 is 0 Å². The van der Waals surface area contributed by atoms with E-state index in [9.17, 15) is 13.2 Å². The van der Waals surface area contributed by atoms with Gasteiger partial charge in [-0.2, -0.15) is 0 Å². The van der Waals surface area contributed by atoms with Crippen molar-refractivity contribution >= 4 is 44.0 Å².